The minimum absolute atomic E-state index is 0. The zero-order valence-electron chi connectivity index (χ0n) is 6.55. The summed E-state index contributed by atoms with van der Waals surface area (Å²) < 4.78 is 0. The maximum absolute atomic E-state index is 3.79. The molecule has 2 heteroatoms. The predicted molar refractivity (Wildman–Crippen MR) is 47.7 cm³/mol. The first kappa shape index (κ1) is 9.99. The second-order valence-electron chi connectivity index (χ2n) is 2.90. The first-order valence-corrected chi connectivity index (χ1v) is 3.64. The van der Waals surface area contributed by atoms with E-state index in [4.69, 9.17) is 0 Å². The molecule has 0 radical (unpaired) electrons. The van der Waals surface area contributed by atoms with Gasteiger partial charge in [-0.15, -0.1) is 19.0 Å². The van der Waals surface area contributed by atoms with Crippen molar-refractivity contribution in [3.63, 3.8) is 0 Å². The Hall–Kier alpha value is -0.0100. The lowest BCUT2D eigenvalue weighted by molar-refractivity contribution is 0.237. The van der Waals surface area contributed by atoms with Crippen molar-refractivity contribution in [3.05, 3.63) is 12.7 Å². The van der Waals surface area contributed by atoms with Gasteiger partial charge in [0.15, 0.2) is 0 Å². The molecule has 0 aromatic rings. The van der Waals surface area contributed by atoms with Crippen molar-refractivity contribution in [2.75, 3.05) is 20.1 Å². The van der Waals surface area contributed by atoms with Crippen LogP contribution in [-0.4, -0.2) is 25.0 Å². The molecular formula is C8H16ClN. The van der Waals surface area contributed by atoms with Crippen LogP contribution in [0.3, 0.4) is 0 Å². The third-order valence-corrected chi connectivity index (χ3v) is 1.99. The van der Waals surface area contributed by atoms with E-state index in [1.165, 1.54) is 25.9 Å². The molecule has 1 atom stereocenters. The Bertz CT molecular complexity index is 103. The normalized spacial score (nSPS) is 27.1. The number of hydrogen-bond acceptors (Lipinski definition) is 1. The molecule has 0 amide bonds. The Kier molecular flexibility index (Phi) is 4.75. The first-order valence-electron chi connectivity index (χ1n) is 3.64. The Morgan fingerprint density at radius 2 is 2.30 bits per heavy atom. The third-order valence-electron chi connectivity index (χ3n) is 1.99. The van der Waals surface area contributed by atoms with Crippen LogP contribution in [0.15, 0.2) is 12.7 Å². The number of nitrogens with zero attached hydrogens (tertiary/aromatic N) is 1. The van der Waals surface area contributed by atoms with Gasteiger partial charge < -0.3 is 4.90 Å². The fourth-order valence-electron chi connectivity index (χ4n) is 1.40. The van der Waals surface area contributed by atoms with E-state index in [1.54, 1.807) is 0 Å². The molecule has 0 saturated carbocycles. The standard InChI is InChI=1S/C8H15N.ClH/c1-3-8-5-4-6-9(2)7-8;/h3,8H,1,4-7H2,2H3;1H. The maximum Gasteiger partial charge on any atom is 0.00412 e. The van der Waals surface area contributed by atoms with Crippen LogP contribution in [0.2, 0.25) is 0 Å². The van der Waals surface area contributed by atoms with Gasteiger partial charge in [0.25, 0.3) is 0 Å². The molecule has 0 aliphatic carbocycles. The number of hydrogen-bond donors (Lipinski definition) is 0. The largest absolute Gasteiger partial charge is 0.306 e. The van der Waals surface area contributed by atoms with E-state index in [-0.39, 0.29) is 12.4 Å². The van der Waals surface area contributed by atoms with Crippen molar-refractivity contribution in [2.45, 2.75) is 12.8 Å². The minimum Gasteiger partial charge on any atom is -0.306 e. The monoisotopic (exact) mass is 161 g/mol. The van der Waals surface area contributed by atoms with E-state index in [0.717, 1.165) is 5.92 Å². The average Bonchev–Trinajstić information content (AvgIpc) is 1.88. The zero-order chi connectivity index (χ0) is 6.69. The molecule has 1 nitrogen and oxygen atoms in total. The zero-order valence-corrected chi connectivity index (χ0v) is 7.36. The molecule has 0 N–H and O–H groups in total. The van der Waals surface area contributed by atoms with E-state index in [2.05, 4.69) is 24.6 Å². The van der Waals surface area contributed by atoms with Crippen molar-refractivity contribution >= 4 is 12.4 Å². The van der Waals surface area contributed by atoms with Crippen molar-refractivity contribution in [1.82, 2.24) is 4.90 Å². The molecule has 1 saturated heterocycles. The summed E-state index contributed by atoms with van der Waals surface area (Å²) in [5, 5.41) is 0. The molecule has 0 aromatic carbocycles. The molecule has 0 bridgehead atoms. The van der Waals surface area contributed by atoms with Crippen molar-refractivity contribution in [3.8, 4) is 0 Å². The Morgan fingerprint density at radius 1 is 1.60 bits per heavy atom. The predicted octanol–water partition coefficient (Wildman–Crippen LogP) is 1.94. The summed E-state index contributed by atoms with van der Waals surface area (Å²) in [5.74, 6) is 0.753. The molecule has 60 valence electrons. The third kappa shape index (κ3) is 2.72. The molecule has 1 fully saturated rings. The number of rotatable bonds is 1. The summed E-state index contributed by atoms with van der Waals surface area (Å²) >= 11 is 0. The van der Waals surface area contributed by atoms with Crippen LogP contribution in [0.25, 0.3) is 0 Å². The Labute approximate surface area is 69.5 Å². The van der Waals surface area contributed by atoms with Crippen molar-refractivity contribution < 1.29 is 0 Å². The van der Waals surface area contributed by atoms with Crippen LogP contribution in [0.4, 0.5) is 0 Å². The second-order valence-corrected chi connectivity index (χ2v) is 2.90. The Balaban J connectivity index is 0.000000810. The molecule has 1 unspecified atom stereocenters. The van der Waals surface area contributed by atoms with Gasteiger partial charge in [-0.25, -0.2) is 0 Å². The smallest absolute Gasteiger partial charge is 0.00412 e. The van der Waals surface area contributed by atoms with Crippen LogP contribution in [0, 0.1) is 5.92 Å². The summed E-state index contributed by atoms with van der Waals surface area (Å²) in [6.07, 6.45) is 4.76. The average molecular weight is 162 g/mol. The molecule has 1 rings (SSSR count). The van der Waals surface area contributed by atoms with Gasteiger partial charge >= 0.3 is 0 Å². The van der Waals surface area contributed by atoms with Crippen LogP contribution >= 0.6 is 12.4 Å². The highest BCUT2D eigenvalue weighted by Gasteiger charge is 2.12. The van der Waals surface area contributed by atoms with Gasteiger partial charge in [-0.05, 0) is 32.4 Å². The SMILES string of the molecule is C=CC1CCCN(C)C1.Cl. The summed E-state index contributed by atoms with van der Waals surface area (Å²) in [5.41, 5.74) is 0. The van der Waals surface area contributed by atoms with E-state index >= 15 is 0 Å². The molecule has 1 aliphatic rings. The quantitative estimate of drug-likeness (QED) is 0.532. The number of piperidine rings is 1. The minimum atomic E-state index is 0. The summed E-state index contributed by atoms with van der Waals surface area (Å²) in [6.45, 7) is 6.27. The van der Waals surface area contributed by atoms with Gasteiger partial charge in [0, 0.05) is 6.54 Å². The highest BCUT2D eigenvalue weighted by Crippen LogP contribution is 2.14. The lowest BCUT2D eigenvalue weighted by Crippen LogP contribution is -2.30. The molecule has 10 heavy (non-hydrogen) atoms. The molecular weight excluding hydrogens is 146 g/mol. The Morgan fingerprint density at radius 3 is 2.70 bits per heavy atom. The van der Waals surface area contributed by atoms with Gasteiger partial charge in [-0.3, -0.25) is 0 Å². The molecule has 1 heterocycles. The van der Waals surface area contributed by atoms with Crippen molar-refractivity contribution in [2.24, 2.45) is 5.92 Å². The molecule has 0 spiro atoms. The lowest BCUT2D eigenvalue weighted by Gasteiger charge is -2.27. The van der Waals surface area contributed by atoms with E-state index < -0.39 is 0 Å². The molecule has 1 aliphatic heterocycles. The fourth-order valence-corrected chi connectivity index (χ4v) is 1.40. The summed E-state index contributed by atoms with van der Waals surface area (Å²) in [7, 11) is 2.18. The van der Waals surface area contributed by atoms with E-state index in [9.17, 15) is 0 Å². The van der Waals surface area contributed by atoms with Crippen LogP contribution in [0.1, 0.15) is 12.8 Å². The van der Waals surface area contributed by atoms with Gasteiger partial charge in [0.05, 0.1) is 0 Å². The van der Waals surface area contributed by atoms with Crippen LogP contribution < -0.4 is 0 Å². The maximum atomic E-state index is 3.79. The lowest BCUT2D eigenvalue weighted by atomic mass is 9.99. The van der Waals surface area contributed by atoms with Gasteiger partial charge in [-0.1, -0.05) is 6.08 Å². The van der Waals surface area contributed by atoms with Gasteiger partial charge in [0.1, 0.15) is 0 Å². The first-order chi connectivity index (χ1) is 4.33. The number of likely N-dealkylation sites (tertiary alicyclic amines) is 1. The fraction of sp³-hybridized carbons (Fsp3) is 0.750. The van der Waals surface area contributed by atoms with Crippen LogP contribution in [-0.2, 0) is 0 Å². The van der Waals surface area contributed by atoms with E-state index in [1.807, 2.05) is 0 Å². The van der Waals surface area contributed by atoms with Gasteiger partial charge in [-0.2, -0.15) is 0 Å². The summed E-state index contributed by atoms with van der Waals surface area (Å²) in [6, 6.07) is 0. The highest BCUT2D eigenvalue weighted by molar-refractivity contribution is 5.85. The topological polar surface area (TPSA) is 3.24 Å². The summed E-state index contributed by atoms with van der Waals surface area (Å²) in [4.78, 5) is 2.37. The van der Waals surface area contributed by atoms with Gasteiger partial charge in [0.2, 0.25) is 0 Å². The van der Waals surface area contributed by atoms with E-state index in [0.29, 0.717) is 0 Å². The second kappa shape index (κ2) is 4.75. The van der Waals surface area contributed by atoms with Crippen LogP contribution in [0.5, 0.6) is 0 Å². The van der Waals surface area contributed by atoms with Crippen molar-refractivity contribution in [1.29, 1.82) is 0 Å². The molecule has 0 aromatic heterocycles. The highest BCUT2D eigenvalue weighted by atomic mass is 35.5. The number of halogens is 1.